The summed E-state index contributed by atoms with van der Waals surface area (Å²) in [5, 5.41) is 6.32. The number of hydrogen-bond donors (Lipinski definition) is 1. The second-order valence-electron chi connectivity index (χ2n) is 3.31. The summed E-state index contributed by atoms with van der Waals surface area (Å²) >= 11 is 1.48. The summed E-state index contributed by atoms with van der Waals surface area (Å²) < 4.78 is 0. The third kappa shape index (κ3) is 3.71. The topological polar surface area (TPSA) is 49.4 Å². The molecule has 0 aliphatic heterocycles. The van der Waals surface area contributed by atoms with Gasteiger partial charge in [0.1, 0.15) is 0 Å². The number of rotatable bonds is 4. The fraction of sp³-hybridized carbons (Fsp3) is 0.400. The highest BCUT2D eigenvalue weighted by Gasteiger charge is 2.07. The van der Waals surface area contributed by atoms with Crippen molar-refractivity contribution in [3.8, 4) is 0 Å². The van der Waals surface area contributed by atoms with Crippen molar-refractivity contribution in [2.24, 2.45) is 0 Å². The maximum absolute atomic E-state index is 11.4. The fourth-order valence-corrected chi connectivity index (χ4v) is 1.64. The Morgan fingerprint density at radius 3 is 2.73 bits per heavy atom. The Bertz CT molecular complexity index is 333. The van der Waals surface area contributed by atoms with Gasteiger partial charge in [0.15, 0.2) is 0 Å². The Balaban J connectivity index is 2.27. The van der Waals surface area contributed by atoms with Crippen molar-refractivity contribution in [3.63, 3.8) is 0 Å². The molecule has 1 heterocycles. The van der Waals surface area contributed by atoms with Crippen molar-refractivity contribution >= 4 is 23.2 Å². The van der Waals surface area contributed by atoms with E-state index in [0.717, 1.165) is 0 Å². The molecule has 1 aromatic rings. The Morgan fingerprint density at radius 1 is 1.47 bits per heavy atom. The van der Waals surface area contributed by atoms with Crippen molar-refractivity contribution in [2.45, 2.75) is 6.42 Å². The van der Waals surface area contributed by atoms with Crippen LogP contribution in [0.3, 0.4) is 0 Å². The van der Waals surface area contributed by atoms with Crippen LogP contribution in [0.4, 0.5) is 0 Å². The Morgan fingerprint density at radius 2 is 2.20 bits per heavy atom. The number of amides is 2. The highest BCUT2D eigenvalue weighted by atomic mass is 32.1. The first kappa shape index (κ1) is 11.7. The third-order valence-corrected chi connectivity index (χ3v) is 2.59. The van der Waals surface area contributed by atoms with E-state index >= 15 is 0 Å². The van der Waals surface area contributed by atoms with Gasteiger partial charge in [0.05, 0.1) is 0 Å². The molecular formula is C10H14N2O2S. The summed E-state index contributed by atoms with van der Waals surface area (Å²) in [6.45, 7) is 0.381. The van der Waals surface area contributed by atoms with E-state index in [1.165, 1.54) is 16.2 Å². The molecule has 15 heavy (non-hydrogen) atoms. The molecule has 1 rings (SSSR count). The molecule has 5 heteroatoms. The van der Waals surface area contributed by atoms with E-state index in [0.29, 0.717) is 18.5 Å². The molecular weight excluding hydrogens is 212 g/mol. The quantitative estimate of drug-likeness (QED) is 0.831. The molecule has 0 aromatic carbocycles. The van der Waals surface area contributed by atoms with Crippen molar-refractivity contribution in [2.75, 3.05) is 20.6 Å². The summed E-state index contributed by atoms with van der Waals surface area (Å²) in [7, 11) is 3.39. The molecule has 82 valence electrons. The van der Waals surface area contributed by atoms with Gasteiger partial charge in [-0.25, -0.2) is 0 Å². The fourth-order valence-electron chi connectivity index (χ4n) is 1.00. The minimum atomic E-state index is -0.122. The van der Waals surface area contributed by atoms with Crippen LogP contribution >= 0.6 is 11.3 Å². The Kier molecular flexibility index (Phi) is 4.30. The number of nitrogens with zero attached hydrogens (tertiary/aromatic N) is 1. The Labute approximate surface area is 92.9 Å². The van der Waals surface area contributed by atoms with E-state index in [4.69, 9.17) is 0 Å². The molecule has 2 amide bonds. The van der Waals surface area contributed by atoms with Gasteiger partial charge in [0.25, 0.3) is 5.91 Å². The zero-order valence-electron chi connectivity index (χ0n) is 8.82. The first-order valence-corrected chi connectivity index (χ1v) is 5.56. The minimum Gasteiger partial charge on any atom is -0.351 e. The molecule has 0 saturated heterocycles. The average molecular weight is 226 g/mol. The SMILES string of the molecule is CN(C)C(=O)CCNC(=O)c1ccsc1. The van der Waals surface area contributed by atoms with Crippen LogP contribution < -0.4 is 5.32 Å². The molecule has 0 unspecified atom stereocenters. The molecule has 1 aromatic heterocycles. The maximum atomic E-state index is 11.4. The lowest BCUT2D eigenvalue weighted by Gasteiger charge is -2.10. The van der Waals surface area contributed by atoms with Crippen LogP contribution in [0.5, 0.6) is 0 Å². The van der Waals surface area contributed by atoms with Crippen LogP contribution in [0, 0.1) is 0 Å². The summed E-state index contributed by atoms with van der Waals surface area (Å²) in [5.41, 5.74) is 0.650. The van der Waals surface area contributed by atoms with Crippen LogP contribution in [0.25, 0.3) is 0 Å². The highest BCUT2D eigenvalue weighted by Crippen LogP contribution is 2.05. The summed E-state index contributed by atoms with van der Waals surface area (Å²) in [6.07, 6.45) is 0.336. The predicted octanol–water partition coefficient (Wildman–Crippen LogP) is 0.956. The van der Waals surface area contributed by atoms with Crippen LogP contribution in [0.1, 0.15) is 16.8 Å². The lowest BCUT2D eigenvalue weighted by Crippen LogP contribution is -2.29. The van der Waals surface area contributed by atoms with E-state index in [1.807, 2.05) is 5.38 Å². The van der Waals surface area contributed by atoms with Crippen molar-refractivity contribution in [1.82, 2.24) is 10.2 Å². The molecule has 0 bridgehead atoms. The number of carbonyl (C=O) groups excluding carboxylic acids is 2. The van der Waals surface area contributed by atoms with Gasteiger partial charge >= 0.3 is 0 Å². The Hall–Kier alpha value is -1.36. The van der Waals surface area contributed by atoms with Crippen LogP contribution in [-0.2, 0) is 4.79 Å². The van der Waals surface area contributed by atoms with E-state index in [9.17, 15) is 9.59 Å². The van der Waals surface area contributed by atoms with Gasteiger partial charge in [0.2, 0.25) is 5.91 Å². The molecule has 0 radical (unpaired) electrons. The third-order valence-electron chi connectivity index (χ3n) is 1.91. The van der Waals surface area contributed by atoms with Gasteiger partial charge in [-0.15, -0.1) is 0 Å². The van der Waals surface area contributed by atoms with E-state index in [-0.39, 0.29) is 11.8 Å². The van der Waals surface area contributed by atoms with E-state index < -0.39 is 0 Å². The summed E-state index contributed by atoms with van der Waals surface area (Å²) in [4.78, 5) is 24.1. The number of nitrogens with one attached hydrogen (secondary N) is 1. The molecule has 4 nitrogen and oxygen atoms in total. The monoisotopic (exact) mass is 226 g/mol. The smallest absolute Gasteiger partial charge is 0.252 e. The zero-order chi connectivity index (χ0) is 11.3. The van der Waals surface area contributed by atoms with Crippen LogP contribution in [-0.4, -0.2) is 37.4 Å². The van der Waals surface area contributed by atoms with Gasteiger partial charge < -0.3 is 10.2 Å². The summed E-state index contributed by atoms with van der Waals surface area (Å²) in [5.74, 6) is -0.108. The highest BCUT2D eigenvalue weighted by molar-refractivity contribution is 7.08. The normalized spacial score (nSPS) is 9.73. The van der Waals surface area contributed by atoms with Crippen LogP contribution in [0.2, 0.25) is 0 Å². The number of carbonyl (C=O) groups is 2. The van der Waals surface area contributed by atoms with Gasteiger partial charge in [-0.3, -0.25) is 9.59 Å². The average Bonchev–Trinajstić information content (AvgIpc) is 2.70. The first-order chi connectivity index (χ1) is 7.11. The molecule has 0 saturated carbocycles. The molecule has 0 aliphatic carbocycles. The molecule has 1 N–H and O–H groups in total. The van der Waals surface area contributed by atoms with Crippen molar-refractivity contribution in [1.29, 1.82) is 0 Å². The molecule has 0 aliphatic rings. The molecule has 0 atom stereocenters. The van der Waals surface area contributed by atoms with Crippen LogP contribution in [0.15, 0.2) is 16.8 Å². The van der Waals surface area contributed by atoms with Gasteiger partial charge in [-0.05, 0) is 11.4 Å². The van der Waals surface area contributed by atoms with E-state index in [2.05, 4.69) is 5.32 Å². The lowest BCUT2D eigenvalue weighted by molar-refractivity contribution is -0.128. The molecule has 0 spiro atoms. The van der Waals surface area contributed by atoms with Gasteiger partial charge in [-0.2, -0.15) is 11.3 Å². The predicted molar refractivity (Wildman–Crippen MR) is 60.0 cm³/mol. The van der Waals surface area contributed by atoms with Crippen molar-refractivity contribution < 1.29 is 9.59 Å². The van der Waals surface area contributed by atoms with Crippen molar-refractivity contribution in [3.05, 3.63) is 22.4 Å². The standard InChI is InChI=1S/C10H14N2O2S/c1-12(2)9(13)3-5-11-10(14)8-4-6-15-7-8/h4,6-7H,3,5H2,1-2H3,(H,11,14). The van der Waals surface area contributed by atoms with E-state index in [1.54, 1.807) is 25.5 Å². The van der Waals surface area contributed by atoms with Gasteiger partial charge in [-0.1, -0.05) is 0 Å². The lowest BCUT2D eigenvalue weighted by atomic mass is 10.3. The zero-order valence-corrected chi connectivity index (χ0v) is 9.63. The molecule has 0 fully saturated rings. The number of hydrogen-bond acceptors (Lipinski definition) is 3. The van der Waals surface area contributed by atoms with Gasteiger partial charge in [0, 0.05) is 38.0 Å². The first-order valence-electron chi connectivity index (χ1n) is 4.62. The second kappa shape index (κ2) is 5.50. The second-order valence-corrected chi connectivity index (χ2v) is 4.09. The minimum absolute atomic E-state index is 0.0145. The largest absolute Gasteiger partial charge is 0.351 e. The maximum Gasteiger partial charge on any atom is 0.252 e. The summed E-state index contributed by atoms with van der Waals surface area (Å²) in [6, 6.07) is 1.76. The number of thiophene rings is 1.